The van der Waals surface area contributed by atoms with Crippen LogP contribution in [-0.2, 0) is 0 Å². The Kier molecular flexibility index (Phi) is 9.36. The highest BCUT2D eigenvalue weighted by molar-refractivity contribution is 5.97. The van der Waals surface area contributed by atoms with Crippen LogP contribution in [0.1, 0.15) is 59.8 Å². The van der Waals surface area contributed by atoms with E-state index in [0.717, 1.165) is 61.9 Å². The van der Waals surface area contributed by atoms with Crippen molar-refractivity contribution in [2.24, 2.45) is 0 Å². The maximum absolute atomic E-state index is 13.9. The third-order valence-corrected chi connectivity index (χ3v) is 6.53. The van der Waals surface area contributed by atoms with Crippen LogP contribution in [0.3, 0.4) is 0 Å². The Balaban J connectivity index is 0.00000100. The minimum atomic E-state index is -5.01. The number of benzene rings is 1. The SMILES string of the molecule is C#C.C#N.Cc1cn2nc([C@@H]3CCCCN3C(=O)c3cc(F)ccc3OC(F)(F)F)cc2nc1N1CCCC1. The molecule has 2 aromatic heterocycles. The molecule has 0 aliphatic carbocycles. The lowest BCUT2D eigenvalue weighted by Crippen LogP contribution is -2.39. The summed E-state index contributed by atoms with van der Waals surface area (Å²) < 4.78 is 58.3. The number of terminal acetylenes is 1. The van der Waals surface area contributed by atoms with Crippen molar-refractivity contribution in [2.75, 3.05) is 24.5 Å². The van der Waals surface area contributed by atoms with Gasteiger partial charge in [-0.3, -0.25) is 4.79 Å². The van der Waals surface area contributed by atoms with E-state index < -0.39 is 35.4 Å². The number of aromatic nitrogens is 3. The van der Waals surface area contributed by atoms with E-state index in [2.05, 4.69) is 34.2 Å². The lowest BCUT2D eigenvalue weighted by atomic mass is 9.98. The molecule has 12 heteroatoms. The van der Waals surface area contributed by atoms with E-state index in [-0.39, 0.29) is 0 Å². The normalized spacial score (nSPS) is 17.1. The van der Waals surface area contributed by atoms with Crippen LogP contribution in [0.15, 0.2) is 30.5 Å². The maximum atomic E-state index is 13.9. The molecule has 0 unspecified atom stereocenters. The smallest absolute Gasteiger partial charge is 0.405 e. The number of fused-ring (bicyclic) bond motifs is 1. The molecule has 2 fully saturated rings. The summed E-state index contributed by atoms with van der Waals surface area (Å²) in [6.07, 6.45) is 9.22. The molecule has 1 atom stereocenters. The van der Waals surface area contributed by atoms with Crippen molar-refractivity contribution in [1.29, 1.82) is 5.26 Å². The number of piperidine rings is 1. The minimum absolute atomic E-state index is 0.310. The summed E-state index contributed by atoms with van der Waals surface area (Å²) >= 11 is 0. The van der Waals surface area contributed by atoms with Crippen LogP contribution in [0, 0.1) is 37.4 Å². The number of likely N-dealkylation sites (tertiary alicyclic amines) is 1. The first-order valence-electron chi connectivity index (χ1n) is 12.3. The molecule has 1 aromatic carbocycles. The van der Waals surface area contributed by atoms with Gasteiger partial charge in [0.1, 0.15) is 17.4 Å². The summed E-state index contributed by atoms with van der Waals surface area (Å²) in [7, 11) is 0. The van der Waals surface area contributed by atoms with Gasteiger partial charge in [-0.25, -0.2) is 19.2 Å². The minimum Gasteiger partial charge on any atom is -0.405 e. The van der Waals surface area contributed by atoms with Gasteiger partial charge in [-0.2, -0.15) is 5.10 Å². The summed E-state index contributed by atoms with van der Waals surface area (Å²) in [5.41, 5.74) is 1.75. The maximum Gasteiger partial charge on any atom is 0.573 e. The molecule has 0 N–H and O–H groups in total. The van der Waals surface area contributed by atoms with E-state index in [0.29, 0.717) is 30.7 Å². The Bertz CT molecular complexity index is 1340. The van der Waals surface area contributed by atoms with E-state index >= 15 is 0 Å². The Hall–Kier alpha value is -4.32. The monoisotopic (exact) mass is 544 g/mol. The number of amides is 1. The molecule has 5 rings (SSSR count). The van der Waals surface area contributed by atoms with Crippen LogP contribution < -0.4 is 9.64 Å². The number of hydrogen-bond acceptors (Lipinski definition) is 6. The fraction of sp³-hybridized carbons (Fsp3) is 0.407. The van der Waals surface area contributed by atoms with E-state index in [1.54, 1.807) is 4.52 Å². The van der Waals surface area contributed by atoms with Crippen molar-refractivity contribution in [3.63, 3.8) is 0 Å². The van der Waals surface area contributed by atoms with Crippen LogP contribution in [0.2, 0.25) is 0 Å². The zero-order valence-electron chi connectivity index (χ0n) is 21.4. The molecule has 8 nitrogen and oxygen atoms in total. The third-order valence-electron chi connectivity index (χ3n) is 6.53. The van der Waals surface area contributed by atoms with Gasteiger partial charge in [0, 0.05) is 44.0 Å². The zero-order valence-corrected chi connectivity index (χ0v) is 21.4. The fourth-order valence-electron chi connectivity index (χ4n) is 4.95. The van der Waals surface area contributed by atoms with Gasteiger partial charge in [0.05, 0.1) is 17.3 Å². The van der Waals surface area contributed by atoms with E-state index in [9.17, 15) is 22.4 Å². The molecule has 39 heavy (non-hydrogen) atoms. The lowest BCUT2D eigenvalue weighted by Gasteiger charge is -2.35. The van der Waals surface area contributed by atoms with E-state index in [1.807, 2.05) is 19.2 Å². The summed E-state index contributed by atoms with van der Waals surface area (Å²) in [5.74, 6) is -1.37. The van der Waals surface area contributed by atoms with Crippen molar-refractivity contribution in [3.8, 4) is 25.2 Å². The van der Waals surface area contributed by atoms with Crippen molar-refractivity contribution >= 4 is 17.4 Å². The first-order chi connectivity index (χ1) is 18.7. The van der Waals surface area contributed by atoms with E-state index in [1.165, 1.54) is 4.90 Å². The number of alkyl halides is 3. The second-order valence-corrected chi connectivity index (χ2v) is 9.01. The Labute approximate surface area is 223 Å². The van der Waals surface area contributed by atoms with Crippen molar-refractivity contribution in [2.45, 2.75) is 51.4 Å². The van der Waals surface area contributed by atoms with Crippen LogP contribution in [0.25, 0.3) is 5.65 Å². The highest BCUT2D eigenvalue weighted by Gasteiger charge is 2.36. The highest BCUT2D eigenvalue weighted by Crippen LogP contribution is 2.35. The molecule has 2 aliphatic rings. The van der Waals surface area contributed by atoms with E-state index in [4.69, 9.17) is 10.2 Å². The molecular formula is C27H28F4N6O2. The molecule has 206 valence electrons. The predicted octanol–water partition coefficient (Wildman–Crippen LogP) is 5.43. The topological polar surface area (TPSA) is 86.8 Å². The van der Waals surface area contributed by atoms with Gasteiger partial charge in [-0.05, 0) is 57.2 Å². The van der Waals surface area contributed by atoms with Crippen LogP contribution in [-0.4, -0.2) is 51.4 Å². The van der Waals surface area contributed by atoms with Gasteiger partial charge in [0.15, 0.2) is 5.65 Å². The third kappa shape index (κ3) is 6.58. The number of carbonyl (C=O) groups excluding carboxylic acids is 1. The Morgan fingerprint density at radius 3 is 2.41 bits per heavy atom. The van der Waals surface area contributed by atoms with Gasteiger partial charge in [0.2, 0.25) is 0 Å². The average molecular weight is 545 g/mol. The summed E-state index contributed by atoms with van der Waals surface area (Å²) in [6, 6.07) is 3.78. The number of hydrogen-bond donors (Lipinski definition) is 0. The standard InChI is InChI=1S/C24H25F4N5O2.C2H2.CHN/c1-15-14-33-21(29-22(15)31-9-4-5-10-31)13-18(30-33)19-6-2-3-11-32(19)23(34)17-12-16(25)7-8-20(17)35-24(26,27)28;2*1-2/h7-8,12-14,19H,2-6,9-11H2,1H3;1-2H;1H/t19-;;/m0../s1. The number of rotatable bonds is 4. The fourth-order valence-corrected chi connectivity index (χ4v) is 4.95. The van der Waals surface area contributed by atoms with Gasteiger partial charge in [-0.1, -0.05) is 0 Å². The van der Waals surface area contributed by atoms with Crippen LogP contribution >= 0.6 is 0 Å². The second-order valence-electron chi connectivity index (χ2n) is 9.01. The molecule has 0 bridgehead atoms. The number of anilines is 1. The predicted molar refractivity (Wildman–Crippen MR) is 136 cm³/mol. The summed E-state index contributed by atoms with van der Waals surface area (Å²) in [4.78, 5) is 21.9. The Morgan fingerprint density at radius 1 is 1.08 bits per heavy atom. The average Bonchev–Trinajstić information content (AvgIpc) is 3.60. The number of nitrogens with zero attached hydrogens (tertiary/aromatic N) is 6. The molecule has 4 heterocycles. The first kappa shape index (κ1) is 29.2. The summed E-state index contributed by atoms with van der Waals surface area (Å²) in [6.45, 7) is 7.69. The van der Waals surface area contributed by atoms with Gasteiger partial charge in [-0.15, -0.1) is 26.0 Å². The van der Waals surface area contributed by atoms with Gasteiger partial charge in [0.25, 0.3) is 5.91 Å². The summed E-state index contributed by atoms with van der Waals surface area (Å²) in [5, 5.41) is 11.1. The quantitative estimate of drug-likeness (QED) is 0.322. The molecule has 3 aromatic rings. The highest BCUT2D eigenvalue weighted by atomic mass is 19.4. The van der Waals surface area contributed by atoms with Crippen LogP contribution in [0.5, 0.6) is 5.75 Å². The molecular weight excluding hydrogens is 516 g/mol. The number of carbonyl (C=O) groups is 1. The number of aryl methyl sites for hydroxylation is 1. The molecule has 0 saturated carbocycles. The second kappa shape index (κ2) is 12.5. The Morgan fingerprint density at radius 2 is 1.74 bits per heavy atom. The molecule has 0 spiro atoms. The number of halogens is 4. The number of nitriles is 1. The van der Waals surface area contributed by atoms with Crippen molar-refractivity contribution in [3.05, 3.63) is 53.1 Å². The van der Waals surface area contributed by atoms with Crippen molar-refractivity contribution < 1.29 is 27.1 Å². The van der Waals surface area contributed by atoms with Gasteiger partial charge < -0.3 is 14.5 Å². The molecule has 2 aliphatic heterocycles. The lowest BCUT2D eigenvalue weighted by molar-refractivity contribution is -0.274. The largest absolute Gasteiger partial charge is 0.573 e. The zero-order chi connectivity index (χ0) is 28.7. The first-order valence-corrected chi connectivity index (χ1v) is 12.3. The van der Waals surface area contributed by atoms with Gasteiger partial charge >= 0.3 is 6.36 Å². The van der Waals surface area contributed by atoms with Crippen molar-refractivity contribution in [1.82, 2.24) is 19.5 Å². The molecule has 0 radical (unpaired) electrons. The van der Waals surface area contributed by atoms with Crippen LogP contribution in [0.4, 0.5) is 23.4 Å². The molecule has 2 saturated heterocycles. The molecule has 1 amide bonds. The number of ether oxygens (including phenoxy) is 1.